The summed E-state index contributed by atoms with van der Waals surface area (Å²) in [7, 11) is 2.02. The van der Waals surface area contributed by atoms with Gasteiger partial charge in [-0.2, -0.15) is 0 Å². The van der Waals surface area contributed by atoms with Crippen molar-refractivity contribution in [2.45, 2.75) is 33.0 Å². The second kappa shape index (κ2) is 9.24. The number of nitrogens with zero attached hydrogens (tertiary/aromatic N) is 4. The van der Waals surface area contributed by atoms with E-state index in [-0.39, 0.29) is 17.9 Å². The number of carbonyl (C=O) groups is 2. The third kappa shape index (κ3) is 4.86. The predicted molar refractivity (Wildman–Crippen MR) is 114 cm³/mol. The number of benzene rings is 1. The van der Waals surface area contributed by atoms with E-state index in [9.17, 15) is 9.59 Å². The van der Waals surface area contributed by atoms with Gasteiger partial charge in [0.1, 0.15) is 11.5 Å². The highest BCUT2D eigenvalue weighted by molar-refractivity contribution is 6.33. The van der Waals surface area contributed by atoms with Gasteiger partial charge >= 0.3 is 0 Å². The molecule has 0 spiro atoms. The van der Waals surface area contributed by atoms with E-state index >= 15 is 0 Å². The van der Waals surface area contributed by atoms with Crippen LogP contribution >= 0.6 is 11.6 Å². The number of fused-ring (bicyclic) bond motifs is 1. The largest absolute Gasteiger partial charge is 0.330 e. The van der Waals surface area contributed by atoms with Crippen LogP contribution in [0.2, 0.25) is 5.02 Å². The van der Waals surface area contributed by atoms with E-state index in [1.165, 1.54) is 0 Å². The first-order chi connectivity index (χ1) is 13.9. The third-order valence-electron chi connectivity index (χ3n) is 5.24. The van der Waals surface area contributed by atoms with Crippen molar-refractivity contribution in [3.8, 4) is 0 Å². The number of rotatable bonds is 6. The van der Waals surface area contributed by atoms with Crippen LogP contribution in [-0.4, -0.2) is 57.3 Å². The van der Waals surface area contributed by atoms with E-state index in [2.05, 4.69) is 29.0 Å². The molecule has 1 aliphatic rings. The Morgan fingerprint density at radius 3 is 2.83 bits per heavy atom. The molecule has 7 nitrogen and oxygen atoms in total. The zero-order chi connectivity index (χ0) is 21.0. The molecule has 0 aliphatic carbocycles. The lowest BCUT2D eigenvalue weighted by molar-refractivity contribution is -0.127. The van der Waals surface area contributed by atoms with Crippen molar-refractivity contribution in [3.63, 3.8) is 0 Å². The quantitative estimate of drug-likeness (QED) is 0.736. The number of hydrogen-bond donors (Lipinski definition) is 1. The first kappa shape index (κ1) is 21.1. The van der Waals surface area contributed by atoms with E-state index in [4.69, 9.17) is 11.6 Å². The highest BCUT2D eigenvalue weighted by atomic mass is 35.5. The molecule has 0 saturated carbocycles. The fourth-order valence-electron chi connectivity index (χ4n) is 3.14. The van der Waals surface area contributed by atoms with Crippen LogP contribution < -0.4 is 5.32 Å². The molecule has 0 bridgehead atoms. The molecule has 1 aromatic carbocycles. The number of halogens is 1. The Kier molecular flexibility index (Phi) is 6.71. The third-order valence-corrected chi connectivity index (χ3v) is 5.57. The molecule has 1 N–H and O–H groups in total. The van der Waals surface area contributed by atoms with Gasteiger partial charge in [0, 0.05) is 25.2 Å². The molecule has 1 atom stereocenters. The molecule has 1 aromatic heterocycles. The van der Waals surface area contributed by atoms with Crippen LogP contribution in [0.25, 0.3) is 0 Å². The Bertz CT molecular complexity index is 924. The molecular weight excluding hydrogens is 390 g/mol. The van der Waals surface area contributed by atoms with Crippen LogP contribution in [0.1, 0.15) is 30.2 Å². The summed E-state index contributed by atoms with van der Waals surface area (Å²) in [5.74, 6) is 0.381. The number of carbonyl (C=O) groups excluding carboxylic acids is 2. The van der Waals surface area contributed by atoms with E-state index in [0.717, 1.165) is 6.54 Å². The van der Waals surface area contributed by atoms with Gasteiger partial charge in [0.05, 0.1) is 23.5 Å². The average Bonchev–Trinajstić information content (AvgIpc) is 3.16. The molecular formula is C21H26ClN5O2. The molecule has 3 rings (SSSR count). The lowest BCUT2D eigenvalue weighted by Gasteiger charge is -2.28. The molecule has 0 saturated heterocycles. The first-order valence-corrected chi connectivity index (χ1v) is 10.1. The van der Waals surface area contributed by atoms with Gasteiger partial charge in [0.25, 0.3) is 5.91 Å². The Balaban J connectivity index is 1.66. The number of imidazole rings is 1. The molecule has 2 heterocycles. The summed E-state index contributed by atoms with van der Waals surface area (Å²) in [6, 6.07) is 7.27. The summed E-state index contributed by atoms with van der Waals surface area (Å²) >= 11 is 6.12. The van der Waals surface area contributed by atoms with Gasteiger partial charge in [-0.05, 0) is 32.6 Å². The number of hydrogen-bond acceptors (Lipinski definition) is 4. The molecule has 154 valence electrons. The van der Waals surface area contributed by atoms with Crippen molar-refractivity contribution in [2.24, 2.45) is 0 Å². The number of anilines is 1. The molecule has 2 aromatic rings. The maximum atomic E-state index is 12.7. The van der Waals surface area contributed by atoms with Crippen molar-refractivity contribution in [1.82, 2.24) is 19.4 Å². The Morgan fingerprint density at radius 2 is 2.10 bits per heavy atom. The molecule has 0 radical (unpaired) electrons. The minimum Gasteiger partial charge on any atom is -0.330 e. The van der Waals surface area contributed by atoms with Crippen molar-refractivity contribution < 1.29 is 9.59 Å². The second-order valence-corrected chi connectivity index (χ2v) is 7.49. The van der Waals surface area contributed by atoms with Crippen molar-refractivity contribution in [3.05, 3.63) is 59.2 Å². The van der Waals surface area contributed by atoms with E-state index in [1.54, 1.807) is 35.4 Å². The molecule has 8 heteroatoms. The fourth-order valence-corrected chi connectivity index (χ4v) is 3.32. The van der Waals surface area contributed by atoms with Gasteiger partial charge in [-0.25, -0.2) is 4.98 Å². The SMILES string of the molecule is CCN(C)C(C)/C=C/C(=O)N1CCn2c(C(=O)Nc3ccccc3Cl)cnc2C1. The second-order valence-electron chi connectivity index (χ2n) is 7.08. The number of para-hydroxylation sites is 1. The monoisotopic (exact) mass is 415 g/mol. The number of aromatic nitrogens is 2. The lowest BCUT2D eigenvalue weighted by atomic mass is 10.2. The summed E-state index contributed by atoms with van der Waals surface area (Å²) in [5, 5.41) is 3.29. The molecule has 1 unspecified atom stereocenters. The maximum absolute atomic E-state index is 12.7. The van der Waals surface area contributed by atoms with Crippen LogP contribution in [0.5, 0.6) is 0 Å². The normalized spacial score (nSPS) is 14.9. The number of nitrogens with one attached hydrogen (secondary N) is 1. The Labute approximate surface area is 176 Å². The van der Waals surface area contributed by atoms with Crippen molar-refractivity contribution in [2.75, 3.05) is 25.5 Å². The number of likely N-dealkylation sites (N-methyl/N-ethyl adjacent to an activating group) is 1. The highest BCUT2D eigenvalue weighted by Gasteiger charge is 2.25. The van der Waals surface area contributed by atoms with Crippen molar-refractivity contribution in [1.29, 1.82) is 0 Å². The molecule has 29 heavy (non-hydrogen) atoms. The molecule has 1 aliphatic heterocycles. The zero-order valence-electron chi connectivity index (χ0n) is 16.9. The minimum atomic E-state index is -0.270. The smallest absolute Gasteiger partial charge is 0.273 e. The van der Waals surface area contributed by atoms with Gasteiger partial charge in [-0.15, -0.1) is 0 Å². The summed E-state index contributed by atoms with van der Waals surface area (Å²) in [6.45, 7) is 6.47. The van der Waals surface area contributed by atoms with E-state index in [1.807, 2.05) is 23.8 Å². The zero-order valence-corrected chi connectivity index (χ0v) is 17.7. The van der Waals surface area contributed by atoms with Gasteiger partial charge in [-0.3, -0.25) is 9.59 Å². The van der Waals surface area contributed by atoms with Gasteiger partial charge in [0.15, 0.2) is 0 Å². The van der Waals surface area contributed by atoms with Gasteiger partial charge in [-0.1, -0.05) is 36.7 Å². The van der Waals surface area contributed by atoms with E-state index < -0.39 is 0 Å². The summed E-state index contributed by atoms with van der Waals surface area (Å²) in [6.07, 6.45) is 5.08. The highest BCUT2D eigenvalue weighted by Crippen LogP contribution is 2.22. The molecule has 2 amide bonds. The summed E-state index contributed by atoms with van der Waals surface area (Å²) < 4.78 is 1.85. The average molecular weight is 416 g/mol. The summed E-state index contributed by atoms with van der Waals surface area (Å²) in [4.78, 5) is 33.4. The molecule has 0 fully saturated rings. The first-order valence-electron chi connectivity index (χ1n) is 9.68. The fraction of sp³-hybridized carbons (Fsp3) is 0.381. The van der Waals surface area contributed by atoms with Gasteiger partial charge in [0.2, 0.25) is 5.91 Å². The van der Waals surface area contributed by atoms with Gasteiger partial charge < -0.3 is 19.7 Å². The van der Waals surface area contributed by atoms with Crippen LogP contribution in [0.3, 0.4) is 0 Å². The van der Waals surface area contributed by atoms with Crippen LogP contribution in [0.4, 0.5) is 5.69 Å². The lowest BCUT2D eigenvalue weighted by Crippen LogP contribution is -2.38. The summed E-state index contributed by atoms with van der Waals surface area (Å²) in [5.41, 5.74) is 1.01. The minimum absolute atomic E-state index is 0.0438. The van der Waals surface area contributed by atoms with Crippen molar-refractivity contribution >= 4 is 29.1 Å². The van der Waals surface area contributed by atoms with Crippen LogP contribution in [-0.2, 0) is 17.9 Å². The van der Waals surface area contributed by atoms with E-state index in [0.29, 0.717) is 41.9 Å². The Hall–Kier alpha value is -2.64. The van der Waals surface area contributed by atoms with Crippen LogP contribution in [0.15, 0.2) is 42.6 Å². The maximum Gasteiger partial charge on any atom is 0.273 e. The van der Waals surface area contributed by atoms with Crippen LogP contribution in [0, 0.1) is 0 Å². The predicted octanol–water partition coefficient (Wildman–Crippen LogP) is 3.03. The number of amides is 2. The topological polar surface area (TPSA) is 70.5 Å². The standard InChI is InChI=1S/C21H26ClN5O2/c1-4-25(3)15(2)9-10-20(28)26-11-12-27-18(13-23-19(27)14-26)21(29)24-17-8-6-5-7-16(17)22/h5-10,13,15H,4,11-12,14H2,1-3H3,(H,24,29)/b10-9+. The Morgan fingerprint density at radius 1 is 1.34 bits per heavy atom.